The standard InChI is InChI=1S/C19H15N/c1-3-7-16(8-4-1)11-12-17-13-14-20-19(15-17)18-9-5-2-6-10-18/h1-15H/b12-11+. The van der Waals surface area contributed by atoms with Crippen molar-refractivity contribution >= 4 is 12.2 Å². The van der Waals surface area contributed by atoms with Crippen molar-refractivity contribution in [1.82, 2.24) is 4.98 Å². The van der Waals surface area contributed by atoms with E-state index < -0.39 is 0 Å². The maximum atomic E-state index is 4.43. The average molecular weight is 257 g/mol. The first kappa shape index (κ1) is 12.4. The van der Waals surface area contributed by atoms with Gasteiger partial charge >= 0.3 is 0 Å². The third-order valence-electron chi connectivity index (χ3n) is 3.12. The van der Waals surface area contributed by atoms with E-state index in [4.69, 9.17) is 0 Å². The molecule has 3 aromatic rings. The van der Waals surface area contributed by atoms with Gasteiger partial charge in [-0.3, -0.25) is 4.98 Å². The molecule has 0 aliphatic rings. The quantitative estimate of drug-likeness (QED) is 0.649. The highest BCUT2D eigenvalue weighted by Gasteiger charge is 1.98. The maximum Gasteiger partial charge on any atom is 0.0707 e. The molecular weight excluding hydrogens is 242 g/mol. The lowest BCUT2D eigenvalue weighted by molar-refractivity contribution is 1.32. The van der Waals surface area contributed by atoms with Gasteiger partial charge in [0.25, 0.3) is 0 Å². The summed E-state index contributed by atoms with van der Waals surface area (Å²) in [7, 11) is 0. The van der Waals surface area contributed by atoms with E-state index in [-0.39, 0.29) is 0 Å². The predicted octanol–water partition coefficient (Wildman–Crippen LogP) is 4.92. The lowest BCUT2D eigenvalue weighted by atomic mass is 10.1. The zero-order valence-corrected chi connectivity index (χ0v) is 11.1. The van der Waals surface area contributed by atoms with E-state index in [2.05, 4.69) is 47.5 Å². The van der Waals surface area contributed by atoms with Crippen LogP contribution in [0.1, 0.15) is 11.1 Å². The number of hydrogen-bond donors (Lipinski definition) is 0. The van der Waals surface area contributed by atoms with Crippen molar-refractivity contribution in [2.45, 2.75) is 0 Å². The van der Waals surface area contributed by atoms with Crippen LogP contribution in [0.25, 0.3) is 23.4 Å². The summed E-state index contributed by atoms with van der Waals surface area (Å²) >= 11 is 0. The van der Waals surface area contributed by atoms with Crippen LogP contribution in [0.4, 0.5) is 0 Å². The van der Waals surface area contributed by atoms with Crippen LogP contribution >= 0.6 is 0 Å². The van der Waals surface area contributed by atoms with E-state index >= 15 is 0 Å². The van der Waals surface area contributed by atoms with Gasteiger partial charge in [-0.05, 0) is 23.3 Å². The molecule has 0 atom stereocenters. The van der Waals surface area contributed by atoms with Crippen LogP contribution in [-0.4, -0.2) is 4.98 Å². The highest BCUT2D eigenvalue weighted by Crippen LogP contribution is 2.18. The second-order valence-electron chi connectivity index (χ2n) is 4.58. The fourth-order valence-electron chi connectivity index (χ4n) is 2.07. The van der Waals surface area contributed by atoms with Crippen molar-refractivity contribution in [3.8, 4) is 11.3 Å². The summed E-state index contributed by atoms with van der Waals surface area (Å²) < 4.78 is 0. The molecule has 0 N–H and O–H groups in total. The molecule has 1 heteroatoms. The monoisotopic (exact) mass is 257 g/mol. The lowest BCUT2D eigenvalue weighted by Crippen LogP contribution is -1.83. The molecule has 0 spiro atoms. The fourth-order valence-corrected chi connectivity index (χ4v) is 2.07. The van der Waals surface area contributed by atoms with Crippen LogP contribution in [0.2, 0.25) is 0 Å². The summed E-state index contributed by atoms with van der Waals surface area (Å²) in [4.78, 5) is 4.43. The smallest absolute Gasteiger partial charge is 0.0707 e. The molecule has 0 fully saturated rings. The van der Waals surface area contributed by atoms with Gasteiger partial charge in [-0.2, -0.15) is 0 Å². The normalized spacial score (nSPS) is 10.8. The number of pyridine rings is 1. The lowest BCUT2D eigenvalue weighted by Gasteiger charge is -2.01. The predicted molar refractivity (Wildman–Crippen MR) is 85.0 cm³/mol. The van der Waals surface area contributed by atoms with Gasteiger partial charge in [0.2, 0.25) is 0 Å². The van der Waals surface area contributed by atoms with E-state index in [0.29, 0.717) is 0 Å². The van der Waals surface area contributed by atoms with Gasteiger partial charge in [-0.15, -0.1) is 0 Å². The molecule has 2 aromatic carbocycles. The molecule has 1 nitrogen and oxygen atoms in total. The second-order valence-corrected chi connectivity index (χ2v) is 4.58. The second kappa shape index (κ2) is 5.98. The first-order valence-electron chi connectivity index (χ1n) is 6.66. The van der Waals surface area contributed by atoms with Gasteiger partial charge in [-0.1, -0.05) is 72.8 Å². The molecule has 1 aromatic heterocycles. The van der Waals surface area contributed by atoms with Crippen molar-refractivity contribution < 1.29 is 0 Å². The van der Waals surface area contributed by atoms with Crippen LogP contribution in [0, 0.1) is 0 Å². The van der Waals surface area contributed by atoms with E-state index in [9.17, 15) is 0 Å². The van der Waals surface area contributed by atoms with Gasteiger partial charge in [0.05, 0.1) is 5.69 Å². The Kier molecular flexibility index (Phi) is 3.70. The number of nitrogens with zero attached hydrogens (tertiary/aromatic N) is 1. The summed E-state index contributed by atoms with van der Waals surface area (Å²) in [6, 6.07) is 24.7. The minimum absolute atomic E-state index is 1.00. The highest BCUT2D eigenvalue weighted by molar-refractivity contribution is 5.72. The molecule has 96 valence electrons. The van der Waals surface area contributed by atoms with E-state index in [1.54, 1.807) is 0 Å². The number of hydrogen-bond acceptors (Lipinski definition) is 1. The molecule has 1 heterocycles. The van der Waals surface area contributed by atoms with Crippen molar-refractivity contribution in [2.75, 3.05) is 0 Å². The summed E-state index contributed by atoms with van der Waals surface area (Å²) in [5, 5.41) is 0. The van der Waals surface area contributed by atoms with Crippen LogP contribution in [0.5, 0.6) is 0 Å². The van der Waals surface area contributed by atoms with Gasteiger partial charge in [0, 0.05) is 11.8 Å². The van der Waals surface area contributed by atoms with Crippen molar-refractivity contribution in [3.63, 3.8) is 0 Å². The van der Waals surface area contributed by atoms with Crippen LogP contribution < -0.4 is 0 Å². The molecule has 0 aliphatic heterocycles. The molecule has 0 saturated heterocycles. The van der Waals surface area contributed by atoms with E-state index in [0.717, 1.165) is 16.8 Å². The van der Waals surface area contributed by atoms with Crippen LogP contribution in [0.15, 0.2) is 79.0 Å². The minimum atomic E-state index is 1.00. The fraction of sp³-hybridized carbons (Fsp3) is 0. The number of aromatic nitrogens is 1. The maximum absolute atomic E-state index is 4.43. The number of rotatable bonds is 3. The summed E-state index contributed by atoms with van der Waals surface area (Å²) in [6.45, 7) is 0. The first-order valence-corrected chi connectivity index (χ1v) is 6.66. The largest absolute Gasteiger partial charge is 0.256 e. The highest BCUT2D eigenvalue weighted by atomic mass is 14.7. The summed E-state index contributed by atoms with van der Waals surface area (Å²) in [6.07, 6.45) is 6.08. The summed E-state index contributed by atoms with van der Waals surface area (Å²) in [5.74, 6) is 0. The van der Waals surface area contributed by atoms with E-state index in [1.807, 2.05) is 48.7 Å². The van der Waals surface area contributed by atoms with Crippen LogP contribution in [0.3, 0.4) is 0 Å². The Morgan fingerprint density at radius 2 is 1.30 bits per heavy atom. The Bertz CT molecular complexity index is 700. The summed E-state index contributed by atoms with van der Waals surface area (Å²) in [5.41, 5.74) is 4.50. The van der Waals surface area contributed by atoms with Crippen molar-refractivity contribution in [1.29, 1.82) is 0 Å². The molecule has 0 aliphatic carbocycles. The van der Waals surface area contributed by atoms with E-state index in [1.165, 1.54) is 5.56 Å². The molecular formula is C19H15N. The molecule has 20 heavy (non-hydrogen) atoms. The van der Waals surface area contributed by atoms with Crippen molar-refractivity contribution in [2.24, 2.45) is 0 Å². The third-order valence-corrected chi connectivity index (χ3v) is 3.12. The van der Waals surface area contributed by atoms with Gasteiger partial charge in [0.1, 0.15) is 0 Å². The molecule has 0 radical (unpaired) electrons. The molecule has 3 rings (SSSR count). The Balaban J connectivity index is 1.87. The average Bonchev–Trinajstić information content (AvgIpc) is 2.55. The number of benzene rings is 2. The third kappa shape index (κ3) is 3.01. The van der Waals surface area contributed by atoms with Crippen LogP contribution in [-0.2, 0) is 0 Å². The molecule has 0 bridgehead atoms. The topological polar surface area (TPSA) is 12.9 Å². The van der Waals surface area contributed by atoms with Gasteiger partial charge in [-0.25, -0.2) is 0 Å². The molecule has 0 amide bonds. The van der Waals surface area contributed by atoms with Gasteiger partial charge < -0.3 is 0 Å². The van der Waals surface area contributed by atoms with Gasteiger partial charge in [0.15, 0.2) is 0 Å². The minimum Gasteiger partial charge on any atom is -0.256 e. The zero-order valence-electron chi connectivity index (χ0n) is 11.1. The zero-order chi connectivity index (χ0) is 13.6. The molecule has 0 unspecified atom stereocenters. The Labute approximate surface area is 119 Å². The first-order chi connectivity index (χ1) is 9.92. The Hall–Kier alpha value is -2.67. The molecule has 0 saturated carbocycles. The Morgan fingerprint density at radius 3 is 2.05 bits per heavy atom. The SMILES string of the molecule is C(=C\c1ccnc(-c2ccccc2)c1)/c1ccccc1. The Morgan fingerprint density at radius 1 is 0.650 bits per heavy atom. The van der Waals surface area contributed by atoms with Crippen molar-refractivity contribution in [3.05, 3.63) is 90.1 Å².